The van der Waals surface area contributed by atoms with Gasteiger partial charge in [0, 0.05) is 49.0 Å². The maximum Gasteiger partial charge on any atom is 0.255 e. The van der Waals surface area contributed by atoms with E-state index in [-0.39, 0.29) is 11.9 Å². The molecule has 3 aromatic rings. The number of piperazine rings is 1. The van der Waals surface area contributed by atoms with Crippen LogP contribution in [0.15, 0.2) is 54.7 Å². The van der Waals surface area contributed by atoms with Gasteiger partial charge in [0.05, 0.1) is 16.3 Å². The Balaban J connectivity index is 1.30. The minimum atomic E-state index is -0.894. The summed E-state index contributed by atoms with van der Waals surface area (Å²) in [5.41, 5.74) is 2.04. The zero-order valence-corrected chi connectivity index (χ0v) is 19.0. The summed E-state index contributed by atoms with van der Waals surface area (Å²) in [5, 5.41) is 19.3. The molecule has 1 aromatic heterocycles. The van der Waals surface area contributed by atoms with Gasteiger partial charge in [-0.25, -0.2) is 0 Å². The minimum Gasteiger partial charge on any atom is -0.384 e. The Labute approximate surface area is 196 Å². The smallest absolute Gasteiger partial charge is 0.255 e. The first kappa shape index (κ1) is 21.5. The van der Waals surface area contributed by atoms with Gasteiger partial charge in [0.15, 0.2) is 0 Å². The van der Waals surface area contributed by atoms with E-state index in [2.05, 4.69) is 15.1 Å². The van der Waals surface area contributed by atoms with Crippen LogP contribution in [0.4, 0.5) is 0 Å². The van der Waals surface area contributed by atoms with Crippen LogP contribution in [0.5, 0.6) is 0 Å². The second-order valence-electron chi connectivity index (χ2n) is 8.59. The number of rotatable bonds is 3. The van der Waals surface area contributed by atoms with E-state index in [0.29, 0.717) is 48.2 Å². The third-order valence-electron chi connectivity index (χ3n) is 6.65. The van der Waals surface area contributed by atoms with Crippen molar-refractivity contribution in [3.05, 3.63) is 75.9 Å². The van der Waals surface area contributed by atoms with E-state index in [9.17, 15) is 9.90 Å². The van der Waals surface area contributed by atoms with E-state index >= 15 is 0 Å². The SMILES string of the molecule is O=C(c1cccc(-c2ccn[nH]2)c1Cl)N1CCN2C[C@@](O)(c3ccc(Cl)cc3)CC[C@@H]2C1. The third-order valence-corrected chi connectivity index (χ3v) is 7.31. The highest BCUT2D eigenvalue weighted by Crippen LogP contribution is 2.36. The molecule has 0 radical (unpaired) electrons. The molecule has 2 saturated heterocycles. The van der Waals surface area contributed by atoms with Crippen LogP contribution in [0.3, 0.4) is 0 Å². The number of amides is 1. The number of halogens is 2. The zero-order chi connectivity index (χ0) is 22.3. The standard InChI is InChI=1S/C24H24Cl2N4O2/c25-17-6-4-16(5-7-17)24(32)10-8-18-14-29(12-13-30(18)15-24)23(31)20-3-1-2-19(22(20)26)21-9-11-27-28-21/h1-7,9,11,18,32H,8,10,12-15H2,(H,27,28)/t18-,24-/m1/s1. The van der Waals surface area contributed by atoms with Gasteiger partial charge < -0.3 is 10.0 Å². The van der Waals surface area contributed by atoms with Crippen molar-refractivity contribution in [1.82, 2.24) is 20.0 Å². The molecule has 166 valence electrons. The average molecular weight is 471 g/mol. The Kier molecular flexibility index (Phi) is 5.72. The molecule has 8 heteroatoms. The maximum atomic E-state index is 13.3. The first-order valence-electron chi connectivity index (χ1n) is 10.7. The fraction of sp³-hybridized carbons (Fsp3) is 0.333. The molecule has 0 spiro atoms. The normalized spacial score (nSPS) is 23.7. The lowest BCUT2D eigenvalue weighted by atomic mass is 9.82. The van der Waals surface area contributed by atoms with Gasteiger partial charge in [-0.3, -0.25) is 14.8 Å². The van der Waals surface area contributed by atoms with Gasteiger partial charge in [-0.05, 0) is 42.7 Å². The number of aliphatic hydroxyl groups is 1. The molecule has 1 amide bonds. The number of carbonyl (C=O) groups is 1. The number of aromatic nitrogens is 2. The molecule has 2 N–H and O–H groups in total. The summed E-state index contributed by atoms with van der Waals surface area (Å²) < 4.78 is 0. The number of fused-ring (bicyclic) bond motifs is 1. The summed E-state index contributed by atoms with van der Waals surface area (Å²) in [4.78, 5) is 17.5. The Morgan fingerprint density at radius 2 is 1.94 bits per heavy atom. The minimum absolute atomic E-state index is 0.0606. The summed E-state index contributed by atoms with van der Waals surface area (Å²) in [6.45, 7) is 2.48. The monoisotopic (exact) mass is 470 g/mol. The number of hydrogen-bond acceptors (Lipinski definition) is 4. The van der Waals surface area contributed by atoms with Crippen molar-refractivity contribution in [2.45, 2.75) is 24.5 Å². The first-order chi connectivity index (χ1) is 15.4. The van der Waals surface area contributed by atoms with Crippen molar-refractivity contribution in [1.29, 1.82) is 0 Å². The van der Waals surface area contributed by atoms with E-state index in [1.165, 1.54) is 0 Å². The fourth-order valence-electron chi connectivity index (χ4n) is 4.86. The molecular weight excluding hydrogens is 447 g/mol. The van der Waals surface area contributed by atoms with Gasteiger partial charge >= 0.3 is 0 Å². The summed E-state index contributed by atoms with van der Waals surface area (Å²) in [7, 11) is 0. The molecular formula is C24H24Cl2N4O2. The van der Waals surface area contributed by atoms with Gasteiger partial charge in [0.2, 0.25) is 0 Å². The average Bonchev–Trinajstić information content (AvgIpc) is 3.33. The van der Waals surface area contributed by atoms with Crippen LogP contribution in [0.2, 0.25) is 10.0 Å². The Morgan fingerprint density at radius 3 is 2.69 bits per heavy atom. The molecule has 3 heterocycles. The molecule has 2 fully saturated rings. The van der Waals surface area contributed by atoms with Crippen LogP contribution in [0, 0.1) is 0 Å². The van der Waals surface area contributed by atoms with Crippen LogP contribution < -0.4 is 0 Å². The lowest BCUT2D eigenvalue weighted by molar-refractivity contribution is -0.0740. The molecule has 0 unspecified atom stereocenters. The highest BCUT2D eigenvalue weighted by atomic mass is 35.5. The van der Waals surface area contributed by atoms with Crippen molar-refractivity contribution < 1.29 is 9.90 Å². The van der Waals surface area contributed by atoms with Crippen molar-refractivity contribution >= 4 is 29.1 Å². The van der Waals surface area contributed by atoms with Crippen LogP contribution >= 0.6 is 23.2 Å². The molecule has 2 atom stereocenters. The van der Waals surface area contributed by atoms with Crippen LogP contribution in [0.25, 0.3) is 11.3 Å². The van der Waals surface area contributed by atoms with E-state index in [4.69, 9.17) is 23.2 Å². The summed E-state index contributed by atoms with van der Waals surface area (Å²) in [6, 6.07) is 15.0. The van der Waals surface area contributed by atoms with Crippen molar-refractivity contribution in [2.75, 3.05) is 26.2 Å². The Bertz CT molecular complexity index is 1120. The van der Waals surface area contributed by atoms with Gasteiger partial charge in [0.1, 0.15) is 5.60 Å². The molecule has 0 saturated carbocycles. The lowest BCUT2D eigenvalue weighted by Gasteiger charge is -2.49. The summed E-state index contributed by atoms with van der Waals surface area (Å²) in [6.07, 6.45) is 3.12. The van der Waals surface area contributed by atoms with Gasteiger partial charge in [-0.15, -0.1) is 0 Å². The highest BCUT2D eigenvalue weighted by molar-refractivity contribution is 6.36. The maximum absolute atomic E-state index is 13.3. The van der Waals surface area contributed by atoms with Crippen LogP contribution in [-0.2, 0) is 5.60 Å². The molecule has 2 aromatic carbocycles. The van der Waals surface area contributed by atoms with Gasteiger partial charge in [-0.2, -0.15) is 5.10 Å². The molecule has 5 rings (SSSR count). The third kappa shape index (κ3) is 3.92. The number of H-pyrrole nitrogens is 1. The number of nitrogens with zero attached hydrogens (tertiary/aromatic N) is 3. The number of hydrogen-bond donors (Lipinski definition) is 2. The highest BCUT2D eigenvalue weighted by Gasteiger charge is 2.42. The van der Waals surface area contributed by atoms with E-state index in [0.717, 1.165) is 23.2 Å². The lowest BCUT2D eigenvalue weighted by Crippen LogP contribution is -2.60. The van der Waals surface area contributed by atoms with Crippen LogP contribution in [0.1, 0.15) is 28.8 Å². The summed E-state index contributed by atoms with van der Waals surface area (Å²) >= 11 is 12.6. The molecule has 6 nitrogen and oxygen atoms in total. The number of carbonyl (C=O) groups excluding carboxylic acids is 1. The van der Waals surface area contributed by atoms with Gasteiger partial charge in [0.25, 0.3) is 5.91 Å². The summed E-state index contributed by atoms with van der Waals surface area (Å²) in [5.74, 6) is -0.0606. The zero-order valence-electron chi connectivity index (χ0n) is 17.5. The van der Waals surface area contributed by atoms with E-state index in [1.807, 2.05) is 47.4 Å². The number of piperidine rings is 1. The fourth-order valence-corrected chi connectivity index (χ4v) is 5.29. The van der Waals surface area contributed by atoms with Gasteiger partial charge in [-0.1, -0.05) is 47.5 Å². The predicted octanol–water partition coefficient (Wildman–Crippen LogP) is 4.19. The molecule has 0 bridgehead atoms. The van der Waals surface area contributed by atoms with Crippen molar-refractivity contribution in [3.8, 4) is 11.3 Å². The molecule has 0 aliphatic carbocycles. The Hall–Kier alpha value is -2.38. The molecule has 2 aliphatic rings. The number of benzene rings is 2. The number of nitrogens with one attached hydrogen (secondary N) is 1. The van der Waals surface area contributed by atoms with Crippen LogP contribution in [-0.4, -0.2) is 63.2 Å². The quantitative estimate of drug-likeness (QED) is 0.601. The predicted molar refractivity (Wildman–Crippen MR) is 125 cm³/mol. The second-order valence-corrected chi connectivity index (χ2v) is 9.40. The van der Waals surface area contributed by atoms with E-state index in [1.54, 1.807) is 12.3 Å². The van der Waals surface area contributed by atoms with E-state index < -0.39 is 5.60 Å². The molecule has 32 heavy (non-hydrogen) atoms. The first-order valence-corrected chi connectivity index (χ1v) is 11.5. The van der Waals surface area contributed by atoms with Crippen molar-refractivity contribution in [3.63, 3.8) is 0 Å². The largest absolute Gasteiger partial charge is 0.384 e. The topological polar surface area (TPSA) is 72.5 Å². The number of aromatic amines is 1. The van der Waals surface area contributed by atoms with Crippen molar-refractivity contribution in [2.24, 2.45) is 0 Å². The Morgan fingerprint density at radius 1 is 1.12 bits per heavy atom. The second kappa shape index (κ2) is 8.52. The molecule has 2 aliphatic heterocycles.